The lowest BCUT2D eigenvalue weighted by Crippen LogP contribution is -2.39. The smallest absolute Gasteiger partial charge is 0.227 e. The summed E-state index contributed by atoms with van der Waals surface area (Å²) in [6, 6.07) is 20.2. The molecule has 0 unspecified atom stereocenters. The van der Waals surface area contributed by atoms with E-state index < -0.39 is 0 Å². The Hall–Kier alpha value is -3.69. The van der Waals surface area contributed by atoms with E-state index in [0.717, 1.165) is 81.4 Å². The van der Waals surface area contributed by atoms with Crippen molar-refractivity contribution in [3.63, 3.8) is 0 Å². The number of piperidine rings is 1. The van der Waals surface area contributed by atoms with Crippen LogP contribution in [0.25, 0.3) is 11.2 Å². The molecule has 4 heterocycles. The van der Waals surface area contributed by atoms with Gasteiger partial charge in [0.15, 0.2) is 17.0 Å². The molecule has 0 atom stereocenters. The molecule has 0 spiro atoms. The lowest BCUT2D eigenvalue weighted by Gasteiger charge is -2.32. The zero-order valence-corrected chi connectivity index (χ0v) is 24.4. The predicted octanol–water partition coefficient (Wildman–Crippen LogP) is 5.99. The summed E-state index contributed by atoms with van der Waals surface area (Å²) in [7, 11) is 0. The molecule has 2 saturated heterocycles. The molecule has 7 rings (SSSR count). The summed E-state index contributed by atoms with van der Waals surface area (Å²) < 4.78 is 7.82. The van der Waals surface area contributed by atoms with Crippen LogP contribution >= 0.6 is 0 Å². The van der Waals surface area contributed by atoms with Crippen LogP contribution in [0.5, 0.6) is 0 Å². The molecule has 220 valence electrons. The molecule has 9 nitrogen and oxygen atoms in total. The van der Waals surface area contributed by atoms with Crippen LogP contribution in [0.3, 0.4) is 0 Å². The first-order valence-corrected chi connectivity index (χ1v) is 15.8. The van der Waals surface area contributed by atoms with E-state index in [-0.39, 0.29) is 0 Å². The normalized spacial score (nSPS) is 19.3. The average Bonchev–Trinajstić information content (AvgIpc) is 3.48. The Morgan fingerprint density at radius 2 is 1.57 bits per heavy atom. The third-order valence-electron chi connectivity index (χ3n) is 9.07. The van der Waals surface area contributed by atoms with Gasteiger partial charge < -0.3 is 24.8 Å². The maximum absolute atomic E-state index is 5.52. The van der Waals surface area contributed by atoms with Gasteiger partial charge in [-0.15, -0.1) is 0 Å². The van der Waals surface area contributed by atoms with Crippen molar-refractivity contribution in [3.05, 3.63) is 66.5 Å². The number of hydrogen-bond acceptors (Lipinski definition) is 8. The first-order valence-electron chi connectivity index (χ1n) is 15.8. The number of rotatable bonds is 8. The van der Waals surface area contributed by atoms with E-state index in [1.807, 2.05) is 6.33 Å². The maximum atomic E-state index is 5.52. The van der Waals surface area contributed by atoms with Crippen molar-refractivity contribution in [1.29, 1.82) is 0 Å². The molecule has 2 aromatic heterocycles. The van der Waals surface area contributed by atoms with Gasteiger partial charge in [-0.1, -0.05) is 49.6 Å². The van der Waals surface area contributed by atoms with Gasteiger partial charge in [-0.25, -0.2) is 4.98 Å². The van der Waals surface area contributed by atoms with Gasteiger partial charge in [-0.2, -0.15) is 9.97 Å². The Bertz CT molecular complexity index is 1440. The Kier molecular flexibility index (Phi) is 8.19. The van der Waals surface area contributed by atoms with Gasteiger partial charge in [-0.05, 0) is 55.5 Å². The second-order valence-corrected chi connectivity index (χ2v) is 12.0. The zero-order chi connectivity index (χ0) is 28.1. The van der Waals surface area contributed by atoms with Crippen molar-refractivity contribution in [2.45, 2.75) is 63.6 Å². The summed E-state index contributed by atoms with van der Waals surface area (Å²) >= 11 is 0. The number of nitrogens with one attached hydrogen (secondary N) is 2. The van der Waals surface area contributed by atoms with Crippen LogP contribution in [-0.2, 0) is 11.3 Å². The highest BCUT2D eigenvalue weighted by molar-refractivity contribution is 5.86. The van der Waals surface area contributed by atoms with E-state index in [9.17, 15) is 0 Å². The van der Waals surface area contributed by atoms with Gasteiger partial charge in [-0.3, -0.25) is 4.90 Å². The summed E-state index contributed by atoms with van der Waals surface area (Å²) in [5.74, 6) is 1.45. The van der Waals surface area contributed by atoms with Crippen LogP contribution in [0.2, 0.25) is 0 Å². The van der Waals surface area contributed by atoms with E-state index in [0.29, 0.717) is 18.0 Å². The number of imidazole rings is 1. The minimum Gasteiger partial charge on any atom is -0.378 e. The molecule has 1 saturated carbocycles. The Balaban J connectivity index is 1.10. The first-order chi connectivity index (χ1) is 20.8. The Morgan fingerprint density at radius 3 is 2.33 bits per heavy atom. The summed E-state index contributed by atoms with van der Waals surface area (Å²) in [5.41, 5.74) is 5.36. The minimum atomic E-state index is 0.348. The van der Waals surface area contributed by atoms with Gasteiger partial charge >= 0.3 is 0 Å². The van der Waals surface area contributed by atoms with Crippen LogP contribution in [0, 0.1) is 0 Å². The van der Waals surface area contributed by atoms with E-state index >= 15 is 0 Å². The zero-order valence-electron chi connectivity index (χ0n) is 24.4. The SMILES string of the molecule is c1ccc(CN2CCC(Nc3nc(Nc4ccc(N5CCOCC5)cc4)c4ncn(C5CCCCC5)c4n3)CC2)cc1. The van der Waals surface area contributed by atoms with E-state index in [4.69, 9.17) is 19.7 Å². The molecule has 1 aliphatic carbocycles. The second-order valence-electron chi connectivity index (χ2n) is 12.0. The molecular weight excluding hydrogens is 524 g/mol. The largest absolute Gasteiger partial charge is 0.378 e. The van der Waals surface area contributed by atoms with E-state index in [1.54, 1.807) is 0 Å². The monoisotopic (exact) mass is 566 g/mol. The average molecular weight is 567 g/mol. The van der Waals surface area contributed by atoms with Crippen molar-refractivity contribution in [1.82, 2.24) is 24.4 Å². The van der Waals surface area contributed by atoms with Crippen molar-refractivity contribution < 1.29 is 4.74 Å². The summed E-state index contributed by atoms with van der Waals surface area (Å²) in [6.07, 6.45) is 10.3. The molecular formula is C33H42N8O. The topological polar surface area (TPSA) is 83.4 Å². The molecule has 0 bridgehead atoms. The second kappa shape index (κ2) is 12.7. The molecule has 0 amide bonds. The lowest BCUT2D eigenvalue weighted by atomic mass is 9.95. The molecule has 2 aliphatic heterocycles. The summed E-state index contributed by atoms with van der Waals surface area (Å²) in [4.78, 5) is 19.8. The highest BCUT2D eigenvalue weighted by Gasteiger charge is 2.24. The van der Waals surface area contributed by atoms with Gasteiger partial charge in [0.2, 0.25) is 5.95 Å². The fourth-order valence-corrected chi connectivity index (χ4v) is 6.67. The lowest BCUT2D eigenvalue weighted by molar-refractivity contribution is 0.122. The molecule has 9 heteroatoms. The number of morpholine rings is 1. The van der Waals surface area contributed by atoms with Crippen molar-refractivity contribution >= 4 is 34.3 Å². The van der Waals surface area contributed by atoms with Gasteiger partial charge in [0, 0.05) is 56.2 Å². The molecule has 2 N–H and O–H groups in total. The highest BCUT2D eigenvalue weighted by Crippen LogP contribution is 2.33. The van der Waals surface area contributed by atoms with Crippen LogP contribution in [0.15, 0.2) is 60.9 Å². The van der Waals surface area contributed by atoms with E-state index in [1.165, 1.54) is 43.4 Å². The number of benzene rings is 2. The third kappa shape index (κ3) is 6.22. The number of fused-ring (bicyclic) bond motifs is 1. The third-order valence-corrected chi connectivity index (χ3v) is 9.07. The van der Waals surface area contributed by atoms with Crippen molar-refractivity contribution in [2.24, 2.45) is 0 Å². The number of hydrogen-bond donors (Lipinski definition) is 2. The van der Waals surface area contributed by atoms with E-state index in [2.05, 4.69) is 79.6 Å². The molecule has 4 aromatic rings. The number of likely N-dealkylation sites (tertiary alicyclic amines) is 1. The van der Waals surface area contributed by atoms with Crippen molar-refractivity contribution in [2.75, 3.05) is 54.9 Å². The van der Waals surface area contributed by atoms with Gasteiger partial charge in [0.05, 0.1) is 19.5 Å². The number of nitrogens with zero attached hydrogens (tertiary/aromatic N) is 6. The summed E-state index contributed by atoms with van der Waals surface area (Å²) in [5, 5.41) is 7.29. The van der Waals surface area contributed by atoms with Gasteiger partial charge in [0.1, 0.15) is 0 Å². The highest BCUT2D eigenvalue weighted by atomic mass is 16.5. The molecule has 3 aliphatic rings. The van der Waals surface area contributed by atoms with Crippen LogP contribution < -0.4 is 15.5 Å². The molecule has 2 aromatic carbocycles. The van der Waals surface area contributed by atoms with Crippen LogP contribution in [-0.4, -0.2) is 69.9 Å². The predicted molar refractivity (Wildman–Crippen MR) is 169 cm³/mol. The quantitative estimate of drug-likeness (QED) is 0.269. The number of aromatic nitrogens is 4. The Labute approximate surface area is 248 Å². The molecule has 0 radical (unpaired) electrons. The summed E-state index contributed by atoms with van der Waals surface area (Å²) in [6.45, 7) is 6.56. The molecule has 3 fully saturated rings. The fraction of sp³-hybridized carbons (Fsp3) is 0.485. The maximum Gasteiger partial charge on any atom is 0.227 e. The number of anilines is 4. The fourth-order valence-electron chi connectivity index (χ4n) is 6.67. The molecule has 42 heavy (non-hydrogen) atoms. The number of ether oxygens (including phenoxy) is 1. The minimum absolute atomic E-state index is 0.348. The van der Waals surface area contributed by atoms with Crippen LogP contribution in [0.1, 0.15) is 56.6 Å². The first kappa shape index (κ1) is 27.2. The standard InChI is InChI=1S/C33H42N8O/c1-3-7-25(8-4-1)23-39-17-15-27(16-18-39)36-33-37-31(30-32(38-33)41(24-34-30)29-9-5-2-6-10-29)35-26-11-13-28(14-12-26)40-19-21-42-22-20-40/h1,3-4,7-8,11-14,24,27,29H,2,5-6,9-10,15-23H2,(H2,35,36,37,38). The van der Waals surface area contributed by atoms with Gasteiger partial charge in [0.25, 0.3) is 0 Å². The Morgan fingerprint density at radius 1 is 0.810 bits per heavy atom. The van der Waals surface area contributed by atoms with Crippen LogP contribution in [0.4, 0.5) is 23.1 Å². The van der Waals surface area contributed by atoms with Crippen molar-refractivity contribution in [3.8, 4) is 0 Å².